The Labute approximate surface area is 118 Å². The zero-order chi connectivity index (χ0) is 15.5. The largest absolute Gasteiger partial charge is 0.442 e. The summed E-state index contributed by atoms with van der Waals surface area (Å²) in [4.78, 5) is 22.8. The van der Waals surface area contributed by atoms with Crippen molar-refractivity contribution >= 4 is 11.9 Å². The highest BCUT2D eigenvalue weighted by atomic mass is 19.1. The van der Waals surface area contributed by atoms with Crippen molar-refractivity contribution in [1.82, 2.24) is 5.32 Å². The van der Waals surface area contributed by atoms with E-state index in [0.29, 0.717) is 0 Å². The number of benzene rings is 1. The highest BCUT2D eigenvalue weighted by molar-refractivity contribution is 5.94. The fourth-order valence-electron chi connectivity index (χ4n) is 1.64. The summed E-state index contributed by atoms with van der Waals surface area (Å²) in [5, 5.41) is 2.63. The fraction of sp³-hybridized carbons (Fsp3) is 0.467. The number of alkyl carbamates (subject to hydrolysis) is 1. The summed E-state index contributed by atoms with van der Waals surface area (Å²) in [5.41, 5.74) is 0.102. The monoisotopic (exact) mass is 281 g/mol. The molecule has 0 radical (unpaired) electrons. The standard InChI is InChI=1S/C15H20FNO3/c1-9(18)11-6-7-12(13(16)8-11)10(2)20-14(19)17-15(3,4)5/h6-8,10H,1-5H3,(H,17,19). The molecule has 0 spiro atoms. The van der Waals surface area contributed by atoms with Crippen molar-refractivity contribution in [3.8, 4) is 0 Å². The van der Waals surface area contributed by atoms with Gasteiger partial charge in [0.2, 0.25) is 0 Å². The van der Waals surface area contributed by atoms with Crippen LogP contribution in [0.2, 0.25) is 0 Å². The summed E-state index contributed by atoms with van der Waals surface area (Å²) in [6.07, 6.45) is -1.35. The van der Waals surface area contributed by atoms with Crippen LogP contribution >= 0.6 is 0 Å². The molecular formula is C15H20FNO3. The Hall–Kier alpha value is -1.91. The minimum atomic E-state index is -0.738. The topological polar surface area (TPSA) is 55.4 Å². The van der Waals surface area contributed by atoms with Crippen LogP contribution < -0.4 is 5.32 Å². The average molecular weight is 281 g/mol. The van der Waals surface area contributed by atoms with Crippen molar-refractivity contribution < 1.29 is 18.7 Å². The molecule has 1 atom stereocenters. The zero-order valence-electron chi connectivity index (χ0n) is 12.4. The van der Waals surface area contributed by atoms with E-state index >= 15 is 0 Å². The Kier molecular flexibility index (Phi) is 4.87. The van der Waals surface area contributed by atoms with Gasteiger partial charge >= 0.3 is 6.09 Å². The van der Waals surface area contributed by atoms with Crippen LogP contribution in [0.25, 0.3) is 0 Å². The van der Waals surface area contributed by atoms with Crippen molar-refractivity contribution in [2.24, 2.45) is 0 Å². The van der Waals surface area contributed by atoms with Gasteiger partial charge in [0.25, 0.3) is 0 Å². The van der Waals surface area contributed by atoms with Crippen LogP contribution in [0.4, 0.5) is 9.18 Å². The van der Waals surface area contributed by atoms with Gasteiger partial charge in [-0.3, -0.25) is 4.79 Å². The minimum Gasteiger partial charge on any atom is -0.442 e. The number of ketones is 1. The van der Waals surface area contributed by atoms with Gasteiger partial charge in [0.15, 0.2) is 5.78 Å². The molecule has 0 aliphatic carbocycles. The van der Waals surface area contributed by atoms with Crippen LogP contribution in [0.15, 0.2) is 18.2 Å². The molecule has 1 N–H and O–H groups in total. The number of Topliss-reactive ketones (excluding diaryl/α,β-unsaturated/α-hetero) is 1. The van der Waals surface area contributed by atoms with E-state index in [2.05, 4.69) is 5.32 Å². The predicted octanol–water partition coefficient (Wildman–Crippen LogP) is 3.61. The SMILES string of the molecule is CC(=O)c1ccc(C(C)OC(=O)NC(C)(C)C)c(F)c1. The molecule has 20 heavy (non-hydrogen) atoms. The molecular weight excluding hydrogens is 261 g/mol. The Balaban J connectivity index is 2.80. The van der Waals surface area contributed by atoms with Gasteiger partial charge in [-0.2, -0.15) is 0 Å². The molecule has 0 aliphatic rings. The van der Waals surface area contributed by atoms with Crippen LogP contribution in [0.3, 0.4) is 0 Å². The first kappa shape index (κ1) is 16.1. The Morgan fingerprint density at radius 1 is 1.30 bits per heavy atom. The van der Waals surface area contributed by atoms with Crippen molar-refractivity contribution in [2.45, 2.75) is 46.3 Å². The van der Waals surface area contributed by atoms with E-state index in [0.717, 1.165) is 6.07 Å². The number of hydrogen-bond acceptors (Lipinski definition) is 3. The van der Waals surface area contributed by atoms with E-state index in [1.54, 1.807) is 6.92 Å². The molecule has 1 aromatic rings. The molecule has 5 heteroatoms. The zero-order valence-corrected chi connectivity index (χ0v) is 12.4. The van der Waals surface area contributed by atoms with Crippen molar-refractivity contribution in [1.29, 1.82) is 0 Å². The number of halogens is 1. The maximum Gasteiger partial charge on any atom is 0.408 e. The highest BCUT2D eigenvalue weighted by Crippen LogP contribution is 2.22. The Morgan fingerprint density at radius 2 is 1.90 bits per heavy atom. The fourth-order valence-corrected chi connectivity index (χ4v) is 1.64. The molecule has 0 fully saturated rings. The lowest BCUT2D eigenvalue weighted by Crippen LogP contribution is -2.41. The van der Waals surface area contributed by atoms with Gasteiger partial charge in [-0.05, 0) is 40.7 Å². The van der Waals surface area contributed by atoms with E-state index in [1.807, 2.05) is 20.8 Å². The van der Waals surface area contributed by atoms with E-state index in [4.69, 9.17) is 4.74 Å². The molecule has 1 aromatic carbocycles. The number of amides is 1. The molecule has 0 bridgehead atoms. The average Bonchev–Trinajstić information content (AvgIpc) is 2.25. The Morgan fingerprint density at radius 3 is 2.35 bits per heavy atom. The van der Waals surface area contributed by atoms with Gasteiger partial charge < -0.3 is 10.1 Å². The molecule has 1 rings (SSSR count). The molecule has 0 saturated carbocycles. The van der Waals surface area contributed by atoms with Crippen LogP contribution in [-0.4, -0.2) is 17.4 Å². The second-order valence-electron chi connectivity index (χ2n) is 5.72. The maximum absolute atomic E-state index is 13.9. The molecule has 4 nitrogen and oxygen atoms in total. The smallest absolute Gasteiger partial charge is 0.408 e. The summed E-state index contributed by atoms with van der Waals surface area (Å²) in [5.74, 6) is -0.775. The van der Waals surface area contributed by atoms with Gasteiger partial charge in [0, 0.05) is 16.7 Å². The lowest BCUT2D eigenvalue weighted by molar-refractivity contribution is 0.0974. The van der Waals surface area contributed by atoms with E-state index in [9.17, 15) is 14.0 Å². The van der Waals surface area contributed by atoms with Crippen molar-refractivity contribution in [2.75, 3.05) is 0 Å². The van der Waals surface area contributed by atoms with E-state index < -0.39 is 23.6 Å². The number of hydrogen-bond donors (Lipinski definition) is 1. The number of ether oxygens (including phenoxy) is 1. The van der Waals surface area contributed by atoms with Crippen LogP contribution in [0, 0.1) is 5.82 Å². The first-order valence-corrected chi connectivity index (χ1v) is 6.39. The second-order valence-corrected chi connectivity index (χ2v) is 5.72. The molecule has 0 saturated heterocycles. The molecule has 1 amide bonds. The number of nitrogens with one attached hydrogen (secondary N) is 1. The Bertz CT molecular complexity index is 520. The van der Waals surface area contributed by atoms with Gasteiger partial charge in [0.1, 0.15) is 11.9 Å². The summed E-state index contributed by atoms with van der Waals surface area (Å²) in [6, 6.07) is 4.13. The number of carbonyl (C=O) groups is 2. The first-order chi connectivity index (χ1) is 9.10. The highest BCUT2D eigenvalue weighted by Gasteiger charge is 2.20. The maximum atomic E-state index is 13.9. The van der Waals surface area contributed by atoms with Crippen LogP contribution in [0.5, 0.6) is 0 Å². The van der Waals surface area contributed by atoms with E-state index in [1.165, 1.54) is 19.1 Å². The molecule has 1 unspecified atom stereocenters. The molecule has 0 aromatic heterocycles. The second kappa shape index (κ2) is 6.03. The molecule has 0 heterocycles. The van der Waals surface area contributed by atoms with Gasteiger partial charge in [-0.1, -0.05) is 12.1 Å². The number of rotatable bonds is 3. The normalized spacial score (nSPS) is 12.7. The third kappa shape index (κ3) is 4.64. The van der Waals surface area contributed by atoms with Crippen LogP contribution in [-0.2, 0) is 4.74 Å². The van der Waals surface area contributed by atoms with E-state index in [-0.39, 0.29) is 16.9 Å². The lowest BCUT2D eigenvalue weighted by atomic mass is 10.1. The van der Waals surface area contributed by atoms with Gasteiger partial charge in [0.05, 0.1) is 0 Å². The third-order valence-electron chi connectivity index (χ3n) is 2.61. The summed E-state index contributed by atoms with van der Waals surface area (Å²) < 4.78 is 19.0. The van der Waals surface area contributed by atoms with Crippen molar-refractivity contribution in [3.05, 3.63) is 35.1 Å². The molecule has 110 valence electrons. The summed E-state index contributed by atoms with van der Waals surface area (Å²) in [6.45, 7) is 8.41. The summed E-state index contributed by atoms with van der Waals surface area (Å²) >= 11 is 0. The van der Waals surface area contributed by atoms with Crippen LogP contribution in [0.1, 0.15) is 56.6 Å². The summed E-state index contributed by atoms with van der Waals surface area (Å²) in [7, 11) is 0. The molecule has 0 aliphatic heterocycles. The minimum absolute atomic E-state index is 0.213. The third-order valence-corrected chi connectivity index (χ3v) is 2.61. The number of carbonyl (C=O) groups excluding carboxylic acids is 2. The predicted molar refractivity (Wildman–Crippen MR) is 74.2 cm³/mol. The van der Waals surface area contributed by atoms with Gasteiger partial charge in [-0.15, -0.1) is 0 Å². The van der Waals surface area contributed by atoms with Gasteiger partial charge in [-0.25, -0.2) is 9.18 Å². The quantitative estimate of drug-likeness (QED) is 0.861. The van der Waals surface area contributed by atoms with Crippen molar-refractivity contribution in [3.63, 3.8) is 0 Å². The first-order valence-electron chi connectivity index (χ1n) is 6.39. The lowest BCUT2D eigenvalue weighted by Gasteiger charge is -2.22.